The molecule has 0 amide bonds. The second kappa shape index (κ2) is 5.55. The summed E-state index contributed by atoms with van der Waals surface area (Å²) in [7, 11) is -1.69. The van der Waals surface area contributed by atoms with E-state index in [1.165, 1.54) is 16.6 Å². The molecule has 8 heteroatoms. The summed E-state index contributed by atoms with van der Waals surface area (Å²) in [6.45, 7) is 3.82. The standard InChI is InChI=1S/C12H19N3O4S/c1-9-8-14(2)4-3-5-15(9)20(18,19)10-6-11(12(16)17)13-7-10/h6-7,9,13H,3-5,8H2,1-2H3,(H,16,17). The number of H-pyrrole nitrogens is 1. The van der Waals surface area contributed by atoms with Crippen molar-refractivity contribution < 1.29 is 18.3 Å². The van der Waals surface area contributed by atoms with Crippen LogP contribution in [0.4, 0.5) is 0 Å². The lowest BCUT2D eigenvalue weighted by Crippen LogP contribution is -2.41. The van der Waals surface area contributed by atoms with E-state index in [2.05, 4.69) is 9.88 Å². The summed E-state index contributed by atoms with van der Waals surface area (Å²) in [6.07, 6.45) is 2.00. The number of aromatic carboxylic acids is 1. The van der Waals surface area contributed by atoms with Gasteiger partial charge in [-0.3, -0.25) is 0 Å². The molecule has 2 rings (SSSR count). The zero-order valence-electron chi connectivity index (χ0n) is 11.5. The van der Waals surface area contributed by atoms with Gasteiger partial charge in [0, 0.05) is 25.3 Å². The summed E-state index contributed by atoms with van der Waals surface area (Å²) < 4.78 is 26.6. The third-order valence-electron chi connectivity index (χ3n) is 3.48. The topological polar surface area (TPSA) is 93.7 Å². The van der Waals surface area contributed by atoms with Gasteiger partial charge in [-0.1, -0.05) is 0 Å². The molecule has 0 radical (unpaired) electrons. The lowest BCUT2D eigenvalue weighted by atomic mass is 10.3. The Labute approximate surface area is 118 Å². The molecular formula is C12H19N3O4S. The van der Waals surface area contributed by atoms with E-state index in [0.717, 1.165) is 13.0 Å². The SMILES string of the molecule is CC1CN(C)CCCN1S(=O)(=O)c1c[nH]c(C(=O)O)c1. The van der Waals surface area contributed by atoms with Crippen LogP contribution in [0.3, 0.4) is 0 Å². The molecule has 1 aliphatic heterocycles. The first-order valence-corrected chi connectivity index (χ1v) is 7.88. The van der Waals surface area contributed by atoms with Crippen LogP contribution in [0, 0.1) is 0 Å². The van der Waals surface area contributed by atoms with Crippen molar-refractivity contribution in [1.82, 2.24) is 14.2 Å². The molecule has 1 aromatic heterocycles. The summed E-state index contributed by atoms with van der Waals surface area (Å²) in [5.74, 6) is -1.17. The maximum absolute atomic E-state index is 12.6. The van der Waals surface area contributed by atoms with Gasteiger partial charge in [0.15, 0.2) is 0 Å². The number of hydrogen-bond acceptors (Lipinski definition) is 4. The van der Waals surface area contributed by atoms with Crippen LogP contribution in [0.25, 0.3) is 0 Å². The number of likely N-dealkylation sites (N-methyl/N-ethyl adjacent to an activating group) is 1. The van der Waals surface area contributed by atoms with Gasteiger partial charge in [-0.2, -0.15) is 4.31 Å². The fourth-order valence-electron chi connectivity index (χ4n) is 2.49. The number of hydrogen-bond donors (Lipinski definition) is 2. The predicted octanol–water partition coefficient (Wildman–Crippen LogP) is 0.428. The summed E-state index contributed by atoms with van der Waals surface area (Å²) in [4.78, 5) is 15.4. The number of sulfonamides is 1. The third-order valence-corrected chi connectivity index (χ3v) is 5.47. The highest BCUT2D eigenvalue weighted by atomic mass is 32.2. The van der Waals surface area contributed by atoms with Crippen LogP contribution in [0.5, 0.6) is 0 Å². The van der Waals surface area contributed by atoms with Gasteiger partial charge in [-0.15, -0.1) is 0 Å². The van der Waals surface area contributed by atoms with E-state index in [1.54, 1.807) is 0 Å². The smallest absolute Gasteiger partial charge is 0.352 e. The zero-order valence-corrected chi connectivity index (χ0v) is 12.4. The molecule has 1 aromatic rings. The van der Waals surface area contributed by atoms with Crippen molar-refractivity contribution in [3.63, 3.8) is 0 Å². The van der Waals surface area contributed by atoms with Crippen molar-refractivity contribution in [2.24, 2.45) is 0 Å². The maximum atomic E-state index is 12.6. The minimum atomic E-state index is -3.66. The van der Waals surface area contributed by atoms with Gasteiger partial charge in [0.1, 0.15) is 10.6 Å². The largest absolute Gasteiger partial charge is 0.477 e. The molecule has 20 heavy (non-hydrogen) atoms. The van der Waals surface area contributed by atoms with Gasteiger partial charge >= 0.3 is 5.97 Å². The lowest BCUT2D eigenvalue weighted by Gasteiger charge is -2.26. The maximum Gasteiger partial charge on any atom is 0.352 e. The molecule has 0 aromatic carbocycles. The van der Waals surface area contributed by atoms with E-state index in [9.17, 15) is 13.2 Å². The Balaban J connectivity index is 2.30. The van der Waals surface area contributed by atoms with Crippen LogP contribution in [0.2, 0.25) is 0 Å². The Morgan fingerprint density at radius 2 is 2.15 bits per heavy atom. The fourth-order valence-corrected chi connectivity index (χ4v) is 4.14. The van der Waals surface area contributed by atoms with E-state index < -0.39 is 16.0 Å². The molecule has 1 atom stereocenters. The molecule has 0 aliphatic carbocycles. The summed E-state index contributed by atoms with van der Waals surface area (Å²) in [5.41, 5.74) is -0.122. The van der Waals surface area contributed by atoms with E-state index in [4.69, 9.17) is 5.11 Å². The van der Waals surface area contributed by atoms with Gasteiger partial charge in [0.2, 0.25) is 10.0 Å². The van der Waals surface area contributed by atoms with Gasteiger partial charge in [-0.25, -0.2) is 13.2 Å². The minimum Gasteiger partial charge on any atom is -0.477 e. The van der Waals surface area contributed by atoms with Crippen molar-refractivity contribution >= 4 is 16.0 Å². The number of aromatic amines is 1. The second-order valence-corrected chi connectivity index (χ2v) is 7.03. The number of carbonyl (C=O) groups is 1. The molecule has 7 nitrogen and oxygen atoms in total. The first kappa shape index (κ1) is 15.0. The fraction of sp³-hybridized carbons (Fsp3) is 0.583. The van der Waals surface area contributed by atoms with Gasteiger partial charge < -0.3 is 15.0 Å². The van der Waals surface area contributed by atoms with Crippen LogP contribution in [-0.2, 0) is 10.0 Å². The highest BCUT2D eigenvalue weighted by molar-refractivity contribution is 7.89. The van der Waals surface area contributed by atoms with Crippen LogP contribution in [0.1, 0.15) is 23.8 Å². The first-order chi connectivity index (χ1) is 9.32. The number of rotatable bonds is 3. The van der Waals surface area contributed by atoms with E-state index in [-0.39, 0.29) is 16.6 Å². The number of aromatic nitrogens is 1. The Morgan fingerprint density at radius 3 is 2.75 bits per heavy atom. The van der Waals surface area contributed by atoms with Gasteiger partial charge in [-0.05, 0) is 33.0 Å². The molecule has 2 N–H and O–H groups in total. The Hall–Kier alpha value is -1.38. The summed E-state index contributed by atoms with van der Waals surface area (Å²) >= 11 is 0. The first-order valence-electron chi connectivity index (χ1n) is 6.44. The molecule has 1 aliphatic rings. The molecule has 1 saturated heterocycles. The molecular weight excluding hydrogens is 282 g/mol. The zero-order chi connectivity index (χ0) is 14.9. The lowest BCUT2D eigenvalue weighted by molar-refractivity contribution is 0.0691. The average Bonchev–Trinajstić information content (AvgIpc) is 2.78. The molecule has 0 bridgehead atoms. The number of nitrogens with one attached hydrogen (secondary N) is 1. The van der Waals surface area contributed by atoms with Crippen molar-refractivity contribution in [1.29, 1.82) is 0 Å². The van der Waals surface area contributed by atoms with Gasteiger partial charge in [0.05, 0.1) is 0 Å². The Morgan fingerprint density at radius 1 is 1.45 bits per heavy atom. The second-order valence-electron chi connectivity index (χ2n) is 5.13. The number of carboxylic acid groups (broad SMARTS) is 1. The average molecular weight is 301 g/mol. The van der Waals surface area contributed by atoms with Crippen molar-refractivity contribution in [2.75, 3.05) is 26.7 Å². The molecule has 1 fully saturated rings. The van der Waals surface area contributed by atoms with E-state index >= 15 is 0 Å². The normalized spacial score (nSPS) is 22.6. The molecule has 1 unspecified atom stereocenters. The van der Waals surface area contributed by atoms with Crippen LogP contribution >= 0.6 is 0 Å². The number of nitrogens with zero attached hydrogens (tertiary/aromatic N) is 2. The monoisotopic (exact) mass is 301 g/mol. The van der Waals surface area contributed by atoms with Crippen molar-refractivity contribution in [3.8, 4) is 0 Å². The predicted molar refractivity (Wildman–Crippen MR) is 73.2 cm³/mol. The highest BCUT2D eigenvalue weighted by Gasteiger charge is 2.32. The van der Waals surface area contributed by atoms with Crippen LogP contribution in [0.15, 0.2) is 17.2 Å². The molecule has 112 valence electrons. The molecule has 2 heterocycles. The molecule has 0 saturated carbocycles. The Bertz CT molecular complexity index is 596. The minimum absolute atomic E-state index is 0.00584. The molecule has 0 spiro atoms. The van der Waals surface area contributed by atoms with E-state index in [0.29, 0.717) is 13.1 Å². The van der Waals surface area contributed by atoms with Crippen LogP contribution in [-0.4, -0.2) is 66.4 Å². The van der Waals surface area contributed by atoms with Gasteiger partial charge in [0.25, 0.3) is 0 Å². The summed E-state index contributed by atoms with van der Waals surface area (Å²) in [5, 5.41) is 8.86. The third kappa shape index (κ3) is 2.87. The number of carboxylic acids is 1. The highest BCUT2D eigenvalue weighted by Crippen LogP contribution is 2.21. The Kier molecular flexibility index (Phi) is 4.17. The summed E-state index contributed by atoms with van der Waals surface area (Å²) in [6, 6.07) is 1.02. The van der Waals surface area contributed by atoms with Crippen LogP contribution < -0.4 is 0 Å². The van der Waals surface area contributed by atoms with E-state index in [1.807, 2.05) is 14.0 Å². The van der Waals surface area contributed by atoms with Crippen molar-refractivity contribution in [3.05, 3.63) is 18.0 Å². The quantitative estimate of drug-likeness (QED) is 0.844. The van der Waals surface area contributed by atoms with Crippen molar-refractivity contribution in [2.45, 2.75) is 24.3 Å².